The summed E-state index contributed by atoms with van der Waals surface area (Å²) in [6, 6.07) is 1.48. The summed E-state index contributed by atoms with van der Waals surface area (Å²) in [6.07, 6.45) is 0. The molecule has 0 aromatic carbocycles. The van der Waals surface area contributed by atoms with E-state index in [2.05, 4.69) is 36.6 Å². The van der Waals surface area contributed by atoms with E-state index in [9.17, 15) is 13.2 Å². The summed E-state index contributed by atoms with van der Waals surface area (Å²) in [4.78, 5) is 11.2. The van der Waals surface area contributed by atoms with Gasteiger partial charge in [-0.1, -0.05) is 0 Å². The van der Waals surface area contributed by atoms with Crippen molar-refractivity contribution in [3.8, 4) is 0 Å². The molecule has 0 atom stereocenters. The van der Waals surface area contributed by atoms with Crippen molar-refractivity contribution in [2.45, 2.75) is 4.90 Å². The minimum Gasteiger partial charge on any atom is -0.468 e. The van der Waals surface area contributed by atoms with Crippen molar-refractivity contribution in [3.05, 3.63) is 13.6 Å². The smallest absolute Gasteiger partial charge is 0.321 e. The van der Waals surface area contributed by atoms with Crippen LogP contribution < -0.4 is 0 Å². The molecule has 0 N–H and O–H groups in total. The fraction of sp³-hybridized carbons (Fsp3) is 0.375. The summed E-state index contributed by atoms with van der Waals surface area (Å²) in [7, 11) is -1.16. The normalized spacial score (nSPS) is 11.8. The molecule has 0 saturated heterocycles. The summed E-state index contributed by atoms with van der Waals surface area (Å²) in [6.45, 7) is -0.321. The average Bonchev–Trinajstić information content (AvgIpc) is 2.58. The standard InChI is InChI=1S/C8H9Br2NO4S2/c1-11(4-7(12)15-2)17(13,14)5-3-6(9)16-8(5)10/h3H,4H2,1-2H3. The van der Waals surface area contributed by atoms with E-state index in [0.717, 1.165) is 4.31 Å². The van der Waals surface area contributed by atoms with Crippen LogP contribution in [0.3, 0.4) is 0 Å². The van der Waals surface area contributed by atoms with Crippen molar-refractivity contribution in [1.29, 1.82) is 0 Å². The number of rotatable bonds is 4. The van der Waals surface area contributed by atoms with Crippen molar-refractivity contribution >= 4 is 59.2 Å². The van der Waals surface area contributed by atoms with Crippen molar-refractivity contribution < 1.29 is 17.9 Å². The molecule has 5 nitrogen and oxygen atoms in total. The van der Waals surface area contributed by atoms with E-state index in [1.165, 1.54) is 31.6 Å². The molecule has 9 heteroatoms. The summed E-state index contributed by atoms with van der Waals surface area (Å²) in [5.41, 5.74) is 0. The molecule has 1 rings (SSSR count). The lowest BCUT2D eigenvalue weighted by atomic mass is 10.7. The van der Waals surface area contributed by atoms with E-state index in [4.69, 9.17) is 0 Å². The zero-order valence-electron chi connectivity index (χ0n) is 8.94. The summed E-state index contributed by atoms with van der Waals surface area (Å²) in [5.74, 6) is -0.610. The lowest BCUT2D eigenvalue weighted by Crippen LogP contribution is -2.32. The largest absolute Gasteiger partial charge is 0.468 e. The van der Waals surface area contributed by atoms with Gasteiger partial charge in [0.15, 0.2) is 0 Å². The number of carbonyl (C=O) groups excluding carboxylic acids is 1. The minimum absolute atomic E-state index is 0.126. The van der Waals surface area contributed by atoms with Crippen LogP contribution in [0.25, 0.3) is 0 Å². The number of esters is 1. The Bertz CT molecular complexity index is 526. The van der Waals surface area contributed by atoms with Gasteiger partial charge in [0.25, 0.3) is 0 Å². The Kier molecular flexibility index (Phi) is 5.14. The SMILES string of the molecule is COC(=O)CN(C)S(=O)(=O)c1cc(Br)sc1Br. The third-order valence-corrected chi connectivity index (χ3v) is 6.45. The first-order valence-corrected chi connectivity index (χ1v) is 8.11. The van der Waals surface area contributed by atoms with Crippen LogP contribution in [0, 0.1) is 0 Å². The molecule has 0 saturated carbocycles. The first-order chi connectivity index (χ1) is 7.78. The molecule has 1 aromatic rings. The first-order valence-electron chi connectivity index (χ1n) is 4.27. The second kappa shape index (κ2) is 5.79. The van der Waals surface area contributed by atoms with Gasteiger partial charge in [-0.2, -0.15) is 4.31 Å². The summed E-state index contributed by atoms with van der Waals surface area (Å²) in [5, 5.41) is 0. The van der Waals surface area contributed by atoms with E-state index in [0.29, 0.717) is 7.57 Å². The number of carbonyl (C=O) groups is 1. The van der Waals surface area contributed by atoms with Gasteiger partial charge in [-0.05, 0) is 37.9 Å². The van der Waals surface area contributed by atoms with Crippen molar-refractivity contribution in [2.24, 2.45) is 0 Å². The maximum absolute atomic E-state index is 12.1. The Morgan fingerprint density at radius 2 is 2.12 bits per heavy atom. The Hall–Kier alpha value is 0.0400. The minimum atomic E-state index is -3.69. The molecule has 0 aliphatic heterocycles. The highest BCUT2D eigenvalue weighted by Crippen LogP contribution is 2.35. The number of sulfonamides is 1. The summed E-state index contributed by atoms with van der Waals surface area (Å²) >= 11 is 7.62. The topological polar surface area (TPSA) is 63.7 Å². The molecule has 0 radical (unpaired) electrons. The molecule has 0 aliphatic rings. The van der Waals surface area contributed by atoms with Crippen molar-refractivity contribution in [3.63, 3.8) is 0 Å². The molecular formula is C8H9Br2NO4S2. The van der Waals surface area contributed by atoms with Gasteiger partial charge in [0.05, 0.1) is 14.7 Å². The predicted molar refractivity (Wildman–Crippen MR) is 71.6 cm³/mol. The number of ether oxygens (including phenoxy) is 1. The molecule has 0 fully saturated rings. The number of hydrogen-bond donors (Lipinski definition) is 0. The lowest BCUT2D eigenvalue weighted by molar-refractivity contribution is -0.140. The molecule has 0 amide bonds. The van der Waals surface area contributed by atoms with Crippen LogP contribution in [0.5, 0.6) is 0 Å². The fourth-order valence-electron chi connectivity index (χ4n) is 1.00. The van der Waals surface area contributed by atoms with E-state index >= 15 is 0 Å². The Morgan fingerprint density at radius 3 is 2.53 bits per heavy atom. The van der Waals surface area contributed by atoms with Gasteiger partial charge in [0.1, 0.15) is 11.4 Å². The number of hydrogen-bond acceptors (Lipinski definition) is 5. The van der Waals surface area contributed by atoms with Crippen LogP contribution in [0.2, 0.25) is 0 Å². The van der Waals surface area contributed by atoms with Crippen molar-refractivity contribution in [2.75, 3.05) is 20.7 Å². The first kappa shape index (κ1) is 15.1. The summed E-state index contributed by atoms with van der Waals surface area (Å²) < 4.78 is 30.7. The molecular weight excluding hydrogens is 398 g/mol. The van der Waals surface area contributed by atoms with Crippen molar-refractivity contribution in [1.82, 2.24) is 4.31 Å². The Labute approximate surface area is 120 Å². The third kappa shape index (κ3) is 3.50. The fourth-order valence-corrected chi connectivity index (χ4v) is 5.87. The quantitative estimate of drug-likeness (QED) is 0.718. The molecule has 0 spiro atoms. The molecule has 0 unspecified atom stereocenters. The van der Waals surface area contributed by atoms with Crippen LogP contribution >= 0.6 is 43.2 Å². The molecule has 1 aromatic heterocycles. The van der Waals surface area contributed by atoms with E-state index in [1.54, 1.807) is 0 Å². The van der Waals surface area contributed by atoms with E-state index in [1.807, 2.05) is 0 Å². The molecule has 96 valence electrons. The second-order valence-corrected chi connectivity index (χ2v) is 8.79. The Balaban J connectivity index is 3.03. The highest BCUT2D eigenvalue weighted by Gasteiger charge is 2.27. The third-order valence-electron chi connectivity index (χ3n) is 1.89. The van der Waals surface area contributed by atoms with Gasteiger partial charge < -0.3 is 4.74 Å². The van der Waals surface area contributed by atoms with Gasteiger partial charge in [-0.3, -0.25) is 4.79 Å². The zero-order chi connectivity index (χ0) is 13.2. The highest BCUT2D eigenvalue weighted by atomic mass is 79.9. The molecule has 0 bridgehead atoms. The van der Waals surface area contributed by atoms with Gasteiger partial charge in [-0.25, -0.2) is 8.42 Å². The lowest BCUT2D eigenvalue weighted by Gasteiger charge is -2.14. The monoisotopic (exact) mass is 405 g/mol. The van der Waals surface area contributed by atoms with Crippen LogP contribution in [-0.2, 0) is 19.6 Å². The van der Waals surface area contributed by atoms with Gasteiger partial charge in [0.2, 0.25) is 10.0 Å². The van der Waals surface area contributed by atoms with Gasteiger partial charge >= 0.3 is 5.97 Å². The molecule has 0 aliphatic carbocycles. The predicted octanol–water partition coefficient (Wildman–Crippen LogP) is 2.07. The Morgan fingerprint density at radius 1 is 1.53 bits per heavy atom. The van der Waals surface area contributed by atoms with Gasteiger partial charge in [-0.15, -0.1) is 11.3 Å². The van der Waals surface area contributed by atoms with E-state index in [-0.39, 0.29) is 11.4 Å². The van der Waals surface area contributed by atoms with Gasteiger partial charge in [0, 0.05) is 7.05 Å². The average molecular weight is 407 g/mol. The van der Waals surface area contributed by atoms with Crippen LogP contribution in [-0.4, -0.2) is 39.4 Å². The number of methoxy groups -OCH3 is 1. The van der Waals surface area contributed by atoms with Crippen LogP contribution in [0.1, 0.15) is 0 Å². The number of thiophene rings is 1. The van der Waals surface area contributed by atoms with E-state index < -0.39 is 16.0 Å². The maximum Gasteiger partial charge on any atom is 0.321 e. The highest BCUT2D eigenvalue weighted by molar-refractivity contribution is 9.12. The zero-order valence-corrected chi connectivity index (χ0v) is 13.7. The number of halogens is 2. The van der Waals surface area contributed by atoms with Crippen LogP contribution in [0.15, 0.2) is 18.5 Å². The molecule has 1 heterocycles. The number of likely N-dealkylation sites (N-methyl/N-ethyl adjacent to an activating group) is 1. The number of nitrogens with zero attached hydrogens (tertiary/aromatic N) is 1. The van der Waals surface area contributed by atoms with Crippen LogP contribution in [0.4, 0.5) is 0 Å². The molecule has 17 heavy (non-hydrogen) atoms. The second-order valence-electron chi connectivity index (χ2n) is 3.03. The maximum atomic E-state index is 12.1.